The Morgan fingerprint density at radius 3 is 2.65 bits per heavy atom. The topological polar surface area (TPSA) is 54.5 Å². The summed E-state index contributed by atoms with van der Waals surface area (Å²) in [5, 5.41) is 3.18. The second-order valence-electron chi connectivity index (χ2n) is 4.03. The minimum atomic E-state index is 0.244. The van der Waals surface area contributed by atoms with Crippen LogP contribution in [0.25, 0.3) is 0 Å². The predicted octanol–water partition coefficient (Wildman–Crippen LogP) is 0.788. The van der Waals surface area contributed by atoms with E-state index in [2.05, 4.69) is 16.2 Å². The van der Waals surface area contributed by atoms with Crippen LogP contribution in [-0.2, 0) is 0 Å². The average Bonchev–Trinajstić information content (AvgIpc) is 2.86. The summed E-state index contributed by atoms with van der Waals surface area (Å²) in [5.74, 6) is 1.65. The van der Waals surface area contributed by atoms with Crippen molar-refractivity contribution in [3.05, 3.63) is 23.8 Å². The van der Waals surface area contributed by atoms with Gasteiger partial charge in [0.15, 0.2) is 0 Å². The molecule has 0 aromatic heterocycles. The van der Waals surface area contributed by atoms with E-state index in [-0.39, 0.29) is 12.2 Å². The highest BCUT2D eigenvalue weighted by Crippen LogP contribution is 2.32. The maximum Gasteiger partial charge on any atom is 0.127 e. The van der Waals surface area contributed by atoms with Crippen LogP contribution < -0.4 is 25.6 Å². The molecule has 2 atom stereocenters. The molecule has 17 heavy (non-hydrogen) atoms. The molecule has 0 radical (unpaired) electrons. The second kappa shape index (κ2) is 5.35. The molecule has 5 heteroatoms. The Morgan fingerprint density at radius 1 is 1.24 bits per heavy atom. The minimum Gasteiger partial charge on any atom is -0.497 e. The molecule has 1 aliphatic rings. The van der Waals surface area contributed by atoms with Gasteiger partial charge >= 0.3 is 0 Å². The Bertz CT molecular complexity index is 384. The zero-order valence-electron chi connectivity index (χ0n) is 10.4. The van der Waals surface area contributed by atoms with Gasteiger partial charge in [-0.1, -0.05) is 6.07 Å². The van der Waals surface area contributed by atoms with Crippen molar-refractivity contribution in [2.75, 3.05) is 21.3 Å². The van der Waals surface area contributed by atoms with Gasteiger partial charge in [0.25, 0.3) is 0 Å². The van der Waals surface area contributed by atoms with E-state index in [1.54, 1.807) is 14.2 Å². The van der Waals surface area contributed by atoms with Gasteiger partial charge in [-0.05, 0) is 19.5 Å². The number of hydrazine groups is 1. The summed E-state index contributed by atoms with van der Waals surface area (Å²) in [6.07, 6.45) is 1.26. The molecule has 0 bridgehead atoms. The van der Waals surface area contributed by atoms with Crippen LogP contribution >= 0.6 is 0 Å². The molecule has 1 aliphatic heterocycles. The average molecular weight is 237 g/mol. The van der Waals surface area contributed by atoms with Crippen molar-refractivity contribution in [1.29, 1.82) is 0 Å². The molecule has 2 unspecified atom stereocenters. The molecule has 1 aromatic rings. The summed E-state index contributed by atoms with van der Waals surface area (Å²) in [6.45, 7) is 0. The molecule has 1 saturated heterocycles. The highest BCUT2D eigenvalue weighted by atomic mass is 16.5. The van der Waals surface area contributed by atoms with Gasteiger partial charge in [0.05, 0.1) is 26.4 Å². The first kappa shape index (κ1) is 12.2. The molecule has 1 heterocycles. The van der Waals surface area contributed by atoms with Gasteiger partial charge < -0.3 is 14.8 Å². The van der Waals surface area contributed by atoms with Crippen LogP contribution in [0.3, 0.4) is 0 Å². The molecule has 5 nitrogen and oxygen atoms in total. The van der Waals surface area contributed by atoms with E-state index in [1.807, 2.05) is 25.2 Å². The van der Waals surface area contributed by atoms with Crippen LogP contribution in [0, 0.1) is 0 Å². The molecule has 0 saturated carbocycles. The maximum absolute atomic E-state index is 5.40. The lowest BCUT2D eigenvalue weighted by atomic mass is 10.0. The normalized spacial score (nSPS) is 23.7. The van der Waals surface area contributed by atoms with Crippen LogP contribution in [0.2, 0.25) is 0 Å². The number of benzene rings is 1. The summed E-state index contributed by atoms with van der Waals surface area (Å²) in [5.41, 5.74) is 7.58. The second-order valence-corrected chi connectivity index (χ2v) is 4.03. The third-order valence-corrected chi connectivity index (χ3v) is 3.07. The Kier molecular flexibility index (Phi) is 3.83. The standard InChI is InChI=1S/C12H19N3O2/c1-13-12-7-10(14-15-12)9-5-4-8(16-2)6-11(9)17-3/h4-6,10,12-15H,7H2,1-3H3. The summed E-state index contributed by atoms with van der Waals surface area (Å²) in [6, 6.07) is 6.14. The number of ether oxygens (including phenoxy) is 2. The number of rotatable bonds is 4. The lowest BCUT2D eigenvalue weighted by Crippen LogP contribution is -2.38. The fraction of sp³-hybridized carbons (Fsp3) is 0.500. The third-order valence-electron chi connectivity index (χ3n) is 3.07. The molecule has 94 valence electrons. The van der Waals surface area contributed by atoms with Crippen molar-refractivity contribution >= 4 is 0 Å². The van der Waals surface area contributed by atoms with E-state index in [1.165, 1.54) is 0 Å². The zero-order chi connectivity index (χ0) is 12.3. The van der Waals surface area contributed by atoms with Crippen LogP contribution in [0.1, 0.15) is 18.0 Å². The molecule has 1 fully saturated rings. The van der Waals surface area contributed by atoms with Gasteiger partial charge in [-0.2, -0.15) is 0 Å². The first-order valence-corrected chi connectivity index (χ1v) is 5.68. The number of hydrogen-bond acceptors (Lipinski definition) is 5. The van der Waals surface area contributed by atoms with Crippen LogP contribution in [-0.4, -0.2) is 27.4 Å². The van der Waals surface area contributed by atoms with Crippen molar-refractivity contribution in [2.24, 2.45) is 0 Å². The molecule has 1 aromatic carbocycles. The van der Waals surface area contributed by atoms with E-state index in [4.69, 9.17) is 9.47 Å². The Hall–Kier alpha value is -1.30. The van der Waals surface area contributed by atoms with Gasteiger partial charge in [0, 0.05) is 11.6 Å². The predicted molar refractivity (Wildman–Crippen MR) is 66.0 cm³/mol. The van der Waals surface area contributed by atoms with E-state index in [0.29, 0.717) is 0 Å². The summed E-state index contributed by atoms with van der Waals surface area (Å²) < 4.78 is 10.6. The quantitative estimate of drug-likeness (QED) is 0.723. The number of nitrogens with one attached hydrogen (secondary N) is 3. The van der Waals surface area contributed by atoms with Crippen molar-refractivity contribution in [3.63, 3.8) is 0 Å². The van der Waals surface area contributed by atoms with Gasteiger partial charge in [0.2, 0.25) is 0 Å². The highest BCUT2D eigenvalue weighted by molar-refractivity contribution is 5.42. The highest BCUT2D eigenvalue weighted by Gasteiger charge is 2.26. The Balaban J connectivity index is 2.20. The first-order valence-electron chi connectivity index (χ1n) is 5.68. The maximum atomic E-state index is 5.40. The Morgan fingerprint density at radius 2 is 2.06 bits per heavy atom. The monoisotopic (exact) mass is 237 g/mol. The molecule has 3 N–H and O–H groups in total. The lowest BCUT2D eigenvalue weighted by Gasteiger charge is -2.15. The minimum absolute atomic E-state index is 0.244. The van der Waals surface area contributed by atoms with Gasteiger partial charge in [-0.3, -0.25) is 0 Å². The van der Waals surface area contributed by atoms with E-state index < -0.39 is 0 Å². The lowest BCUT2D eigenvalue weighted by molar-refractivity contribution is 0.386. The SMILES string of the molecule is CNC1CC(c2ccc(OC)cc2OC)NN1. The van der Waals surface area contributed by atoms with Crippen LogP contribution in [0.15, 0.2) is 18.2 Å². The van der Waals surface area contributed by atoms with Crippen LogP contribution in [0.4, 0.5) is 0 Å². The Labute approximate surface area is 101 Å². The van der Waals surface area contributed by atoms with Crippen LogP contribution in [0.5, 0.6) is 11.5 Å². The number of methoxy groups -OCH3 is 2. The molecule has 0 spiro atoms. The molecule has 0 amide bonds. The summed E-state index contributed by atoms with van der Waals surface area (Å²) in [4.78, 5) is 0. The van der Waals surface area contributed by atoms with Crippen molar-refractivity contribution in [3.8, 4) is 11.5 Å². The molecular formula is C12H19N3O2. The molecule has 0 aliphatic carbocycles. The largest absolute Gasteiger partial charge is 0.497 e. The van der Waals surface area contributed by atoms with E-state index in [9.17, 15) is 0 Å². The van der Waals surface area contributed by atoms with E-state index in [0.717, 1.165) is 23.5 Å². The van der Waals surface area contributed by atoms with Gasteiger partial charge in [-0.25, -0.2) is 10.9 Å². The fourth-order valence-electron chi connectivity index (χ4n) is 2.06. The smallest absolute Gasteiger partial charge is 0.127 e. The van der Waals surface area contributed by atoms with Crippen molar-refractivity contribution in [1.82, 2.24) is 16.2 Å². The first-order chi connectivity index (χ1) is 8.28. The van der Waals surface area contributed by atoms with Gasteiger partial charge in [0.1, 0.15) is 11.5 Å². The van der Waals surface area contributed by atoms with E-state index >= 15 is 0 Å². The van der Waals surface area contributed by atoms with Gasteiger partial charge in [-0.15, -0.1) is 0 Å². The number of hydrogen-bond donors (Lipinski definition) is 3. The molecule has 2 rings (SSSR count). The zero-order valence-corrected chi connectivity index (χ0v) is 10.4. The van der Waals surface area contributed by atoms with Crippen molar-refractivity contribution in [2.45, 2.75) is 18.6 Å². The van der Waals surface area contributed by atoms with Crippen molar-refractivity contribution < 1.29 is 9.47 Å². The summed E-state index contributed by atoms with van der Waals surface area (Å²) >= 11 is 0. The summed E-state index contributed by atoms with van der Waals surface area (Å²) in [7, 11) is 5.27. The fourth-order valence-corrected chi connectivity index (χ4v) is 2.06. The third kappa shape index (κ3) is 2.52. The molecular weight excluding hydrogens is 218 g/mol.